The van der Waals surface area contributed by atoms with Crippen LogP contribution in [0, 0.1) is 0 Å². The van der Waals surface area contributed by atoms with Gasteiger partial charge in [-0.25, -0.2) is 0 Å². The van der Waals surface area contributed by atoms with E-state index in [-0.39, 0.29) is 0 Å². The van der Waals surface area contributed by atoms with Crippen molar-refractivity contribution in [2.45, 2.75) is 26.9 Å². The highest BCUT2D eigenvalue weighted by Crippen LogP contribution is 2.08. The second kappa shape index (κ2) is 8.66. The van der Waals surface area contributed by atoms with Crippen LogP contribution in [0.1, 0.15) is 32.4 Å². The monoisotopic (exact) mass is 196 g/mol. The van der Waals surface area contributed by atoms with E-state index >= 15 is 0 Å². The summed E-state index contributed by atoms with van der Waals surface area (Å²) in [4.78, 5) is 3.93. The van der Waals surface area contributed by atoms with Gasteiger partial charge < -0.3 is 10.4 Å². The Balaban J connectivity index is 0.000000791. The molecule has 0 aliphatic rings. The van der Waals surface area contributed by atoms with Gasteiger partial charge in [-0.05, 0) is 12.6 Å². The number of nitrogens with one attached hydrogen (secondary N) is 1. The first-order chi connectivity index (χ1) is 6.84. The average Bonchev–Trinajstić information content (AvgIpc) is 2.30. The van der Waals surface area contributed by atoms with Crippen LogP contribution in [0.4, 0.5) is 0 Å². The van der Waals surface area contributed by atoms with Crippen LogP contribution < -0.4 is 5.32 Å². The van der Waals surface area contributed by atoms with Crippen molar-refractivity contribution < 1.29 is 5.11 Å². The van der Waals surface area contributed by atoms with E-state index in [4.69, 9.17) is 0 Å². The Bertz CT molecular complexity index is 214. The molecule has 80 valence electrons. The Morgan fingerprint density at radius 2 is 2.21 bits per heavy atom. The average molecular weight is 196 g/mol. The molecule has 0 bridgehead atoms. The molecule has 0 aliphatic carbocycles. The van der Waals surface area contributed by atoms with E-state index in [0.717, 1.165) is 12.1 Å². The van der Waals surface area contributed by atoms with Gasteiger partial charge in [0.15, 0.2) is 0 Å². The minimum absolute atomic E-state index is 0.446. The molecule has 0 aromatic carbocycles. The molecule has 0 amide bonds. The van der Waals surface area contributed by atoms with Gasteiger partial charge in [-0.3, -0.25) is 4.98 Å². The number of aliphatic hydroxyl groups excluding tert-OH is 1. The highest BCUT2D eigenvalue weighted by molar-refractivity contribution is 5.11. The molecule has 1 aromatic rings. The third-order valence-corrected chi connectivity index (χ3v) is 1.66. The van der Waals surface area contributed by atoms with Gasteiger partial charge in [-0.1, -0.05) is 26.8 Å². The first-order valence-electron chi connectivity index (χ1n) is 5.13. The Hall–Kier alpha value is -0.930. The molecule has 3 nitrogen and oxygen atoms in total. The van der Waals surface area contributed by atoms with Crippen LogP contribution in [0.15, 0.2) is 24.5 Å². The number of likely N-dealkylation sites (N-methyl/N-ethyl adjacent to an activating group) is 1. The van der Waals surface area contributed by atoms with Crippen LogP contribution in [0.3, 0.4) is 0 Å². The Morgan fingerprint density at radius 1 is 1.50 bits per heavy atom. The predicted octanol–water partition coefficient (Wildman–Crippen LogP) is 1.75. The molecule has 0 saturated heterocycles. The summed E-state index contributed by atoms with van der Waals surface area (Å²) in [6, 6.07) is 3.69. The fourth-order valence-corrected chi connectivity index (χ4v) is 0.972. The van der Waals surface area contributed by atoms with Crippen molar-refractivity contribution in [3.05, 3.63) is 30.1 Å². The van der Waals surface area contributed by atoms with Crippen LogP contribution >= 0.6 is 0 Å². The molecule has 0 radical (unpaired) electrons. The normalized spacial score (nSPS) is 11.4. The minimum atomic E-state index is -0.446. The molecule has 1 heterocycles. The lowest BCUT2D eigenvalue weighted by Crippen LogP contribution is -2.20. The number of nitrogens with zero attached hydrogens (tertiary/aromatic N) is 1. The van der Waals surface area contributed by atoms with Crippen molar-refractivity contribution in [3.8, 4) is 0 Å². The molecule has 1 rings (SSSR count). The summed E-state index contributed by atoms with van der Waals surface area (Å²) in [7, 11) is 0. The highest BCUT2D eigenvalue weighted by Gasteiger charge is 2.04. The Kier molecular flexibility index (Phi) is 8.08. The van der Waals surface area contributed by atoms with Gasteiger partial charge in [0.25, 0.3) is 0 Å². The number of aliphatic hydroxyl groups is 1. The van der Waals surface area contributed by atoms with Gasteiger partial charge >= 0.3 is 0 Å². The first-order valence-corrected chi connectivity index (χ1v) is 5.13. The van der Waals surface area contributed by atoms with Crippen molar-refractivity contribution >= 4 is 0 Å². The van der Waals surface area contributed by atoms with Crippen LogP contribution in [0.5, 0.6) is 0 Å². The summed E-state index contributed by atoms with van der Waals surface area (Å²) in [5, 5.41) is 12.6. The lowest BCUT2D eigenvalue weighted by molar-refractivity contribution is 0.175. The third kappa shape index (κ3) is 4.94. The first kappa shape index (κ1) is 13.1. The van der Waals surface area contributed by atoms with Crippen molar-refractivity contribution in [2.24, 2.45) is 0 Å². The summed E-state index contributed by atoms with van der Waals surface area (Å²) in [6.45, 7) is 7.47. The molecule has 3 heteroatoms. The second-order valence-electron chi connectivity index (χ2n) is 2.61. The molecule has 0 spiro atoms. The quantitative estimate of drug-likeness (QED) is 0.771. The van der Waals surface area contributed by atoms with Crippen molar-refractivity contribution in [3.63, 3.8) is 0 Å². The predicted molar refractivity (Wildman–Crippen MR) is 59.1 cm³/mol. The molecule has 0 aliphatic heterocycles. The lowest BCUT2D eigenvalue weighted by atomic mass is 10.2. The van der Waals surface area contributed by atoms with E-state index in [1.807, 2.05) is 32.9 Å². The lowest BCUT2D eigenvalue weighted by Gasteiger charge is -2.09. The van der Waals surface area contributed by atoms with Crippen LogP contribution in [-0.4, -0.2) is 23.2 Å². The minimum Gasteiger partial charge on any atom is -0.387 e. The van der Waals surface area contributed by atoms with Crippen molar-refractivity contribution in [2.75, 3.05) is 13.1 Å². The van der Waals surface area contributed by atoms with Crippen LogP contribution in [0.25, 0.3) is 0 Å². The van der Waals surface area contributed by atoms with Crippen molar-refractivity contribution in [1.82, 2.24) is 10.3 Å². The molecule has 0 unspecified atom stereocenters. The maximum atomic E-state index is 9.55. The van der Waals surface area contributed by atoms with Crippen LogP contribution in [-0.2, 0) is 0 Å². The van der Waals surface area contributed by atoms with Gasteiger partial charge in [0.2, 0.25) is 0 Å². The number of aromatic nitrogens is 1. The molecule has 14 heavy (non-hydrogen) atoms. The summed E-state index contributed by atoms with van der Waals surface area (Å²) < 4.78 is 0. The highest BCUT2D eigenvalue weighted by atomic mass is 16.3. The summed E-state index contributed by atoms with van der Waals surface area (Å²) in [6.07, 6.45) is 2.93. The maximum Gasteiger partial charge on any atom is 0.0929 e. The molecule has 0 saturated carbocycles. The molecule has 0 fully saturated rings. The standard InChI is InChI=1S/C9H14N2O.C2H6/c1-2-10-7-9(12)8-4-3-5-11-6-8;1-2/h3-6,9-10,12H,2,7H2,1H3;1-2H3/t9-;/m1./s1. The topological polar surface area (TPSA) is 45.1 Å². The zero-order chi connectivity index (χ0) is 10.8. The fraction of sp³-hybridized carbons (Fsp3) is 0.545. The molecule has 1 atom stereocenters. The van der Waals surface area contributed by atoms with Gasteiger partial charge in [0.1, 0.15) is 0 Å². The molecular formula is C11H20N2O. The fourth-order valence-electron chi connectivity index (χ4n) is 0.972. The Labute approximate surface area is 86.2 Å². The second-order valence-corrected chi connectivity index (χ2v) is 2.61. The number of hydrogen-bond acceptors (Lipinski definition) is 3. The van der Waals surface area contributed by atoms with E-state index in [9.17, 15) is 5.11 Å². The third-order valence-electron chi connectivity index (χ3n) is 1.66. The zero-order valence-corrected chi connectivity index (χ0v) is 9.20. The Morgan fingerprint density at radius 3 is 2.71 bits per heavy atom. The van der Waals surface area contributed by atoms with E-state index in [1.54, 1.807) is 12.4 Å². The van der Waals surface area contributed by atoms with Crippen molar-refractivity contribution in [1.29, 1.82) is 0 Å². The number of rotatable bonds is 4. The maximum absolute atomic E-state index is 9.55. The zero-order valence-electron chi connectivity index (χ0n) is 9.20. The van der Waals surface area contributed by atoms with E-state index in [1.165, 1.54) is 0 Å². The summed E-state index contributed by atoms with van der Waals surface area (Å²) in [5.41, 5.74) is 0.860. The SMILES string of the molecule is CC.CCNC[C@@H](O)c1cccnc1. The molecule has 2 N–H and O–H groups in total. The largest absolute Gasteiger partial charge is 0.387 e. The smallest absolute Gasteiger partial charge is 0.0929 e. The number of hydrogen-bond donors (Lipinski definition) is 2. The number of pyridine rings is 1. The van der Waals surface area contributed by atoms with E-state index in [2.05, 4.69) is 10.3 Å². The summed E-state index contributed by atoms with van der Waals surface area (Å²) in [5.74, 6) is 0. The molecule has 1 aromatic heterocycles. The van der Waals surface area contributed by atoms with E-state index in [0.29, 0.717) is 6.54 Å². The summed E-state index contributed by atoms with van der Waals surface area (Å²) >= 11 is 0. The van der Waals surface area contributed by atoms with Crippen LogP contribution in [0.2, 0.25) is 0 Å². The van der Waals surface area contributed by atoms with E-state index < -0.39 is 6.10 Å². The van der Waals surface area contributed by atoms with Gasteiger partial charge in [-0.15, -0.1) is 0 Å². The van der Waals surface area contributed by atoms with Gasteiger partial charge in [0, 0.05) is 24.5 Å². The van der Waals surface area contributed by atoms with Gasteiger partial charge in [0.05, 0.1) is 6.10 Å². The van der Waals surface area contributed by atoms with Gasteiger partial charge in [-0.2, -0.15) is 0 Å². The molecular weight excluding hydrogens is 176 g/mol.